The van der Waals surface area contributed by atoms with E-state index in [9.17, 15) is 0 Å². The van der Waals surface area contributed by atoms with E-state index in [-0.39, 0.29) is 0 Å². The third kappa shape index (κ3) is 0.866. The minimum Gasteiger partial charge on any atom is -0.307 e. The van der Waals surface area contributed by atoms with Crippen molar-refractivity contribution in [3.63, 3.8) is 0 Å². The molecule has 0 amide bonds. The summed E-state index contributed by atoms with van der Waals surface area (Å²) in [6.45, 7) is 2.24. The lowest BCUT2D eigenvalue weighted by Gasteiger charge is -2.34. The van der Waals surface area contributed by atoms with E-state index in [1.807, 2.05) is 6.07 Å². The fourth-order valence-electron chi connectivity index (χ4n) is 1.05. The Kier molecular flexibility index (Phi) is 1.32. The van der Waals surface area contributed by atoms with Crippen molar-refractivity contribution in [2.45, 2.75) is 0 Å². The van der Waals surface area contributed by atoms with Crippen LogP contribution in [0.25, 0.3) is 0 Å². The van der Waals surface area contributed by atoms with Gasteiger partial charge in [-0.15, -0.1) is 0 Å². The summed E-state index contributed by atoms with van der Waals surface area (Å²) in [5.41, 5.74) is 4.45. The van der Waals surface area contributed by atoms with Crippen LogP contribution in [-0.4, -0.2) is 13.1 Å². The molecular formula is C8H10N2. The van der Waals surface area contributed by atoms with Crippen LogP contribution in [0.4, 0.5) is 5.69 Å². The van der Waals surface area contributed by atoms with Gasteiger partial charge < -0.3 is 5.01 Å². The zero-order valence-electron chi connectivity index (χ0n) is 5.75. The zero-order valence-corrected chi connectivity index (χ0v) is 5.75. The molecule has 0 unspecified atom stereocenters. The molecule has 1 fully saturated rings. The average molecular weight is 134 g/mol. The van der Waals surface area contributed by atoms with Crippen LogP contribution < -0.4 is 10.4 Å². The number of hydrogen-bond acceptors (Lipinski definition) is 2. The van der Waals surface area contributed by atoms with Gasteiger partial charge >= 0.3 is 0 Å². The third-order valence-corrected chi connectivity index (χ3v) is 1.71. The van der Waals surface area contributed by atoms with Crippen molar-refractivity contribution in [2.24, 2.45) is 0 Å². The number of hydrazine groups is 1. The summed E-state index contributed by atoms with van der Waals surface area (Å²) in [6.07, 6.45) is 0. The van der Waals surface area contributed by atoms with E-state index in [1.54, 1.807) is 0 Å². The van der Waals surface area contributed by atoms with Gasteiger partial charge in [0.1, 0.15) is 0 Å². The van der Waals surface area contributed by atoms with Crippen molar-refractivity contribution in [1.82, 2.24) is 5.43 Å². The number of hydrogen-bond donors (Lipinski definition) is 1. The molecule has 52 valence electrons. The van der Waals surface area contributed by atoms with Gasteiger partial charge in [0, 0.05) is 13.1 Å². The summed E-state index contributed by atoms with van der Waals surface area (Å²) in [7, 11) is 0. The van der Waals surface area contributed by atoms with Gasteiger partial charge in [-0.2, -0.15) is 0 Å². The molecule has 1 N–H and O–H groups in total. The van der Waals surface area contributed by atoms with Gasteiger partial charge in [0.25, 0.3) is 0 Å². The topological polar surface area (TPSA) is 15.3 Å². The first-order valence-corrected chi connectivity index (χ1v) is 3.53. The second kappa shape index (κ2) is 2.31. The lowest BCUT2D eigenvalue weighted by molar-refractivity contribution is 0.515. The molecule has 2 nitrogen and oxygen atoms in total. The maximum absolute atomic E-state index is 3.20. The van der Waals surface area contributed by atoms with E-state index >= 15 is 0 Å². The number of para-hydroxylation sites is 1. The lowest BCUT2D eigenvalue weighted by Crippen LogP contribution is -2.53. The molecule has 1 heterocycles. The van der Waals surface area contributed by atoms with E-state index in [0.29, 0.717) is 0 Å². The van der Waals surface area contributed by atoms with Crippen LogP contribution in [0.1, 0.15) is 0 Å². The predicted octanol–water partition coefficient (Wildman–Crippen LogP) is 1.01. The second-order valence-electron chi connectivity index (χ2n) is 2.40. The molecule has 0 bridgehead atoms. The summed E-state index contributed by atoms with van der Waals surface area (Å²) in [4.78, 5) is 0. The van der Waals surface area contributed by atoms with E-state index in [4.69, 9.17) is 0 Å². The Bertz CT molecular complexity index is 204. The first kappa shape index (κ1) is 5.74. The molecule has 0 radical (unpaired) electrons. The van der Waals surface area contributed by atoms with Crippen molar-refractivity contribution < 1.29 is 0 Å². The van der Waals surface area contributed by atoms with E-state index < -0.39 is 0 Å². The molecule has 0 saturated carbocycles. The fraction of sp³-hybridized carbons (Fsp3) is 0.250. The number of rotatable bonds is 1. The molecule has 0 atom stereocenters. The van der Waals surface area contributed by atoms with Gasteiger partial charge in [0.2, 0.25) is 0 Å². The highest BCUT2D eigenvalue weighted by molar-refractivity contribution is 5.46. The van der Waals surface area contributed by atoms with Crippen LogP contribution in [-0.2, 0) is 0 Å². The summed E-state index contributed by atoms with van der Waals surface area (Å²) < 4.78 is 0. The maximum atomic E-state index is 3.20. The quantitative estimate of drug-likeness (QED) is 0.616. The molecule has 10 heavy (non-hydrogen) atoms. The third-order valence-electron chi connectivity index (χ3n) is 1.71. The van der Waals surface area contributed by atoms with Crippen LogP contribution in [0.15, 0.2) is 30.3 Å². The van der Waals surface area contributed by atoms with Gasteiger partial charge in [-0.3, -0.25) is 0 Å². The second-order valence-corrected chi connectivity index (χ2v) is 2.40. The predicted molar refractivity (Wildman–Crippen MR) is 41.8 cm³/mol. The van der Waals surface area contributed by atoms with Crippen LogP contribution in [0.2, 0.25) is 0 Å². The van der Waals surface area contributed by atoms with E-state index in [2.05, 4.69) is 34.7 Å². The van der Waals surface area contributed by atoms with Gasteiger partial charge in [0.15, 0.2) is 0 Å². The highest BCUT2D eigenvalue weighted by Gasteiger charge is 2.11. The maximum Gasteiger partial charge on any atom is 0.0520 e. The van der Waals surface area contributed by atoms with Crippen molar-refractivity contribution in [3.05, 3.63) is 30.3 Å². The number of nitrogens with zero attached hydrogens (tertiary/aromatic N) is 1. The molecule has 2 rings (SSSR count). The zero-order chi connectivity index (χ0) is 6.81. The SMILES string of the molecule is c1ccc(N2CCN2)cc1. The number of anilines is 1. The van der Waals surface area contributed by atoms with Gasteiger partial charge in [-0.25, -0.2) is 5.43 Å². The minimum absolute atomic E-state index is 1.11. The standard InChI is InChI=1S/C8H10N2/c1-2-4-8(5-3-1)10-7-6-9-10/h1-5,9H,6-7H2. The molecule has 1 aliphatic rings. The van der Waals surface area contributed by atoms with Crippen LogP contribution in [0.3, 0.4) is 0 Å². The normalized spacial score (nSPS) is 16.6. The average Bonchev–Trinajstić information content (AvgIpc) is 1.86. The molecular weight excluding hydrogens is 124 g/mol. The highest BCUT2D eigenvalue weighted by Crippen LogP contribution is 2.12. The molecule has 1 aromatic carbocycles. The monoisotopic (exact) mass is 134 g/mol. The smallest absolute Gasteiger partial charge is 0.0520 e. The Morgan fingerprint density at radius 1 is 1.20 bits per heavy atom. The van der Waals surface area contributed by atoms with Crippen molar-refractivity contribution >= 4 is 5.69 Å². The van der Waals surface area contributed by atoms with Crippen molar-refractivity contribution in [2.75, 3.05) is 18.1 Å². The largest absolute Gasteiger partial charge is 0.307 e. The fourth-order valence-corrected chi connectivity index (χ4v) is 1.05. The molecule has 1 saturated heterocycles. The Balaban J connectivity index is 2.18. The lowest BCUT2D eigenvalue weighted by atomic mass is 10.3. The van der Waals surface area contributed by atoms with Crippen molar-refractivity contribution in [3.8, 4) is 0 Å². The van der Waals surface area contributed by atoms with Gasteiger partial charge in [-0.05, 0) is 12.1 Å². The molecule has 2 heteroatoms. The molecule has 0 spiro atoms. The van der Waals surface area contributed by atoms with Crippen LogP contribution in [0.5, 0.6) is 0 Å². The number of nitrogens with one attached hydrogen (secondary N) is 1. The van der Waals surface area contributed by atoms with Gasteiger partial charge in [0.05, 0.1) is 5.69 Å². The summed E-state index contributed by atoms with van der Waals surface area (Å²) in [5.74, 6) is 0. The summed E-state index contributed by atoms with van der Waals surface area (Å²) in [6, 6.07) is 10.3. The first-order valence-electron chi connectivity index (χ1n) is 3.53. The minimum atomic E-state index is 1.11. The summed E-state index contributed by atoms with van der Waals surface area (Å²) >= 11 is 0. The molecule has 0 aromatic heterocycles. The Labute approximate surface area is 60.4 Å². The number of benzene rings is 1. The van der Waals surface area contributed by atoms with Gasteiger partial charge in [-0.1, -0.05) is 18.2 Å². The Hall–Kier alpha value is -1.02. The molecule has 1 aliphatic heterocycles. The Morgan fingerprint density at radius 3 is 2.40 bits per heavy atom. The van der Waals surface area contributed by atoms with Crippen LogP contribution >= 0.6 is 0 Å². The first-order chi connectivity index (χ1) is 4.97. The van der Waals surface area contributed by atoms with Crippen LogP contribution in [0, 0.1) is 0 Å². The molecule has 0 aliphatic carbocycles. The summed E-state index contributed by atoms with van der Waals surface area (Å²) in [5, 5.41) is 2.14. The Morgan fingerprint density at radius 2 is 1.90 bits per heavy atom. The van der Waals surface area contributed by atoms with Crippen molar-refractivity contribution in [1.29, 1.82) is 0 Å². The highest BCUT2D eigenvalue weighted by atomic mass is 15.6. The molecule has 1 aromatic rings. The van der Waals surface area contributed by atoms with E-state index in [0.717, 1.165) is 13.1 Å². The van der Waals surface area contributed by atoms with E-state index in [1.165, 1.54) is 5.69 Å².